The summed E-state index contributed by atoms with van der Waals surface area (Å²) in [6, 6.07) is 8.08. The molecule has 0 atom stereocenters. The number of carbonyl (C=O) groups excluding carboxylic acids is 1. The number of nitrogens with one attached hydrogen (secondary N) is 2. The molecule has 5 heteroatoms. The second-order valence-electron chi connectivity index (χ2n) is 5.65. The lowest BCUT2D eigenvalue weighted by molar-refractivity contribution is -0.121. The van der Waals surface area contributed by atoms with Crippen LogP contribution in [0, 0.1) is 5.92 Å². The third kappa shape index (κ3) is 5.94. The second kappa shape index (κ2) is 8.90. The Labute approximate surface area is 133 Å². The van der Waals surface area contributed by atoms with Gasteiger partial charge in [0.15, 0.2) is 0 Å². The first-order chi connectivity index (χ1) is 9.65. The van der Waals surface area contributed by atoms with E-state index in [-0.39, 0.29) is 18.3 Å². The highest BCUT2D eigenvalue weighted by atomic mass is 35.5. The molecule has 1 fully saturated rings. The van der Waals surface area contributed by atoms with Gasteiger partial charge < -0.3 is 15.4 Å². The van der Waals surface area contributed by atoms with Crippen LogP contribution in [0.3, 0.4) is 0 Å². The number of rotatable bonds is 7. The maximum absolute atomic E-state index is 11.6. The van der Waals surface area contributed by atoms with Gasteiger partial charge in [0, 0.05) is 25.6 Å². The van der Waals surface area contributed by atoms with Crippen LogP contribution in [0.4, 0.5) is 0 Å². The molecule has 4 nitrogen and oxygen atoms in total. The molecule has 1 heterocycles. The van der Waals surface area contributed by atoms with Crippen molar-refractivity contribution in [3.8, 4) is 5.75 Å². The fourth-order valence-electron chi connectivity index (χ4n) is 2.05. The van der Waals surface area contributed by atoms with Crippen molar-refractivity contribution in [1.29, 1.82) is 0 Å². The molecule has 2 N–H and O–H groups in total. The van der Waals surface area contributed by atoms with Crippen molar-refractivity contribution in [2.24, 2.45) is 5.92 Å². The Morgan fingerprint density at radius 3 is 2.52 bits per heavy atom. The summed E-state index contributed by atoms with van der Waals surface area (Å²) in [5, 5.41) is 6.12. The minimum Gasteiger partial charge on any atom is -0.493 e. The van der Waals surface area contributed by atoms with Crippen molar-refractivity contribution in [1.82, 2.24) is 10.6 Å². The SMILES string of the molecule is CC(C)c1ccc(OCCC(=O)NCC2CNC2)cc1.Cl. The smallest absolute Gasteiger partial charge is 0.223 e. The Hall–Kier alpha value is -1.26. The lowest BCUT2D eigenvalue weighted by Gasteiger charge is -2.27. The zero-order valence-electron chi connectivity index (χ0n) is 12.7. The summed E-state index contributed by atoms with van der Waals surface area (Å²) in [5.74, 6) is 2.01. The third-order valence-corrected chi connectivity index (χ3v) is 3.60. The van der Waals surface area contributed by atoms with Gasteiger partial charge in [-0.15, -0.1) is 12.4 Å². The van der Waals surface area contributed by atoms with E-state index in [2.05, 4.69) is 36.6 Å². The first-order valence-electron chi connectivity index (χ1n) is 7.35. The molecule has 0 radical (unpaired) electrons. The summed E-state index contributed by atoms with van der Waals surface area (Å²) < 4.78 is 5.59. The quantitative estimate of drug-likeness (QED) is 0.812. The summed E-state index contributed by atoms with van der Waals surface area (Å²) in [6.45, 7) is 7.55. The summed E-state index contributed by atoms with van der Waals surface area (Å²) in [5.41, 5.74) is 1.30. The normalized spacial score (nSPS) is 14.2. The van der Waals surface area contributed by atoms with Gasteiger partial charge in [0.1, 0.15) is 5.75 Å². The van der Waals surface area contributed by atoms with Gasteiger partial charge in [-0.1, -0.05) is 26.0 Å². The van der Waals surface area contributed by atoms with Gasteiger partial charge in [0.05, 0.1) is 13.0 Å². The molecule has 1 aliphatic rings. The van der Waals surface area contributed by atoms with Crippen molar-refractivity contribution in [2.75, 3.05) is 26.2 Å². The molecule has 0 spiro atoms. The number of hydrogen-bond acceptors (Lipinski definition) is 3. The Morgan fingerprint density at radius 1 is 1.33 bits per heavy atom. The number of hydrogen-bond donors (Lipinski definition) is 2. The number of benzene rings is 1. The minimum atomic E-state index is 0. The Morgan fingerprint density at radius 2 is 2.00 bits per heavy atom. The topological polar surface area (TPSA) is 50.4 Å². The van der Waals surface area contributed by atoms with E-state index in [1.165, 1.54) is 5.56 Å². The number of amides is 1. The molecule has 118 valence electrons. The lowest BCUT2D eigenvalue weighted by Crippen LogP contribution is -2.48. The number of carbonyl (C=O) groups is 1. The Kier molecular flexibility index (Phi) is 7.54. The Bertz CT molecular complexity index is 430. The second-order valence-corrected chi connectivity index (χ2v) is 5.65. The van der Waals surface area contributed by atoms with E-state index in [0.717, 1.165) is 25.4 Å². The monoisotopic (exact) mass is 312 g/mol. The predicted octanol–water partition coefficient (Wildman–Crippen LogP) is 2.34. The van der Waals surface area contributed by atoms with E-state index in [1.807, 2.05) is 12.1 Å². The fraction of sp³-hybridized carbons (Fsp3) is 0.562. The van der Waals surface area contributed by atoms with Gasteiger partial charge in [-0.3, -0.25) is 4.79 Å². The van der Waals surface area contributed by atoms with Crippen molar-refractivity contribution >= 4 is 18.3 Å². The molecule has 0 aromatic heterocycles. The molecular weight excluding hydrogens is 288 g/mol. The summed E-state index contributed by atoms with van der Waals surface area (Å²) >= 11 is 0. The van der Waals surface area contributed by atoms with Gasteiger partial charge in [0.2, 0.25) is 5.91 Å². The van der Waals surface area contributed by atoms with E-state index in [1.54, 1.807) is 0 Å². The van der Waals surface area contributed by atoms with Crippen LogP contribution in [-0.4, -0.2) is 32.1 Å². The average Bonchev–Trinajstić information content (AvgIpc) is 2.37. The van der Waals surface area contributed by atoms with Gasteiger partial charge in [-0.25, -0.2) is 0 Å². The van der Waals surface area contributed by atoms with E-state index in [4.69, 9.17) is 4.74 Å². The van der Waals surface area contributed by atoms with Gasteiger partial charge >= 0.3 is 0 Å². The predicted molar refractivity (Wildman–Crippen MR) is 87.3 cm³/mol. The maximum atomic E-state index is 11.6. The van der Waals surface area contributed by atoms with Crippen molar-refractivity contribution < 1.29 is 9.53 Å². The van der Waals surface area contributed by atoms with E-state index < -0.39 is 0 Å². The van der Waals surface area contributed by atoms with Crippen molar-refractivity contribution in [2.45, 2.75) is 26.2 Å². The highest BCUT2D eigenvalue weighted by molar-refractivity contribution is 5.85. The lowest BCUT2D eigenvalue weighted by atomic mass is 10.0. The summed E-state index contributed by atoms with van der Waals surface area (Å²) in [4.78, 5) is 11.6. The molecule has 21 heavy (non-hydrogen) atoms. The first-order valence-corrected chi connectivity index (χ1v) is 7.35. The molecule has 1 saturated heterocycles. The standard InChI is InChI=1S/C16H24N2O2.ClH/c1-12(2)14-3-5-15(6-4-14)20-8-7-16(19)18-11-13-9-17-10-13;/h3-6,12-13,17H,7-11H2,1-2H3,(H,18,19);1H. The molecule has 0 bridgehead atoms. The van der Waals surface area contributed by atoms with Crippen LogP contribution in [0.25, 0.3) is 0 Å². The molecule has 1 aromatic carbocycles. The highest BCUT2D eigenvalue weighted by Crippen LogP contribution is 2.18. The molecular formula is C16H25ClN2O2. The summed E-state index contributed by atoms with van der Waals surface area (Å²) in [7, 11) is 0. The minimum absolute atomic E-state index is 0. The first kappa shape index (κ1) is 17.8. The summed E-state index contributed by atoms with van der Waals surface area (Å²) in [6.07, 6.45) is 0.409. The largest absolute Gasteiger partial charge is 0.493 e. The van der Waals surface area contributed by atoms with Gasteiger partial charge in [-0.05, 0) is 23.6 Å². The van der Waals surface area contributed by atoms with Crippen LogP contribution in [-0.2, 0) is 4.79 Å². The molecule has 2 rings (SSSR count). The van der Waals surface area contributed by atoms with E-state index >= 15 is 0 Å². The molecule has 1 aromatic rings. The third-order valence-electron chi connectivity index (χ3n) is 3.60. The fourth-order valence-corrected chi connectivity index (χ4v) is 2.05. The van der Waals surface area contributed by atoms with Gasteiger partial charge in [-0.2, -0.15) is 0 Å². The molecule has 0 saturated carbocycles. The van der Waals surface area contributed by atoms with Crippen molar-refractivity contribution in [3.63, 3.8) is 0 Å². The average molecular weight is 313 g/mol. The van der Waals surface area contributed by atoms with Crippen LogP contribution in [0.15, 0.2) is 24.3 Å². The van der Waals surface area contributed by atoms with Crippen molar-refractivity contribution in [3.05, 3.63) is 29.8 Å². The zero-order chi connectivity index (χ0) is 14.4. The van der Waals surface area contributed by atoms with Gasteiger partial charge in [0.25, 0.3) is 0 Å². The molecule has 1 amide bonds. The van der Waals surface area contributed by atoms with Crippen LogP contribution < -0.4 is 15.4 Å². The highest BCUT2D eigenvalue weighted by Gasteiger charge is 2.16. The van der Waals surface area contributed by atoms with E-state index in [9.17, 15) is 4.79 Å². The Balaban J connectivity index is 0.00000220. The van der Waals surface area contributed by atoms with Crippen LogP contribution in [0.1, 0.15) is 31.7 Å². The molecule has 0 aliphatic carbocycles. The number of ether oxygens (including phenoxy) is 1. The van der Waals surface area contributed by atoms with E-state index in [0.29, 0.717) is 24.9 Å². The zero-order valence-corrected chi connectivity index (χ0v) is 13.5. The molecule has 0 unspecified atom stereocenters. The number of halogens is 1. The van der Waals surface area contributed by atoms with Crippen LogP contribution >= 0.6 is 12.4 Å². The van der Waals surface area contributed by atoms with Crippen LogP contribution in [0.2, 0.25) is 0 Å². The molecule has 1 aliphatic heterocycles. The van der Waals surface area contributed by atoms with Crippen LogP contribution in [0.5, 0.6) is 5.75 Å². The maximum Gasteiger partial charge on any atom is 0.223 e.